The average molecular weight is 338 g/mol. The summed E-state index contributed by atoms with van der Waals surface area (Å²) in [6.07, 6.45) is 8.15. The lowest BCUT2D eigenvalue weighted by atomic mass is 9.46. The van der Waals surface area contributed by atoms with Crippen molar-refractivity contribution in [2.75, 3.05) is 0 Å². The van der Waals surface area contributed by atoms with Crippen LogP contribution in [0.4, 0.5) is 8.78 Å². The van der Waals surface area contributed by atoms with Gasteiger partial charge in [-0.25, -0.2) is 8.78 Å². The first-order valence-corrected chi connectivity index (χ1v) is 10.3. The molecule has 3 heteroatoms. The maximum absolute atomic E-state index is 14.0. The van der Waals surface area contributed by atoms with E-state index >= 15 is 0 Å². The molecule has 5 rings (SSSR count). The Labute approximate surface area is 144 Å². The highest BCUT2D eigenvalue weighted by Crippen LogP contribution is 2.75. The Morgan fingerprint density at radius 3 is 2.38 bits per heavy atom. The van der Waals surface area contributed by atoms with Crippen LogP contribution in [0, 0.1) is 35.0 Å². The second-order valence-corrected chi connectivity index (χ2v) is 10.3. The van der Waals surface area contributed by atoms with Crippen LogP contribution < -0.4 is 0 Å². The van der Waals surface area contributed by atoms with E-state index in [1.54, 1.807) is 0 Å². The molecule has 1 nitrogen and oxygen atoms in total. The minimum Gasteiger partial charge on any atom is -0.362 e. The van der Waals surface area contributed by atoms with Crippen molar-refractivity contribution in [3.8, 4) is 0 Å². The van der Waals surface area contributed by atoms with Crippen molar-refractivity contribution in [3.63, 3.8) is 0 Å². The number of alkyl halides is 2. The van der Waals surface area contributed by atoms with E-state index in [9.17, 15) is 8.78 Å². The van der Waals surface area contributed by atoms with Crippen LogP contribution in [0.2, 0.25) is 0 Å². The van der Waals surface area contributed by atoms with Gasteiger partial charge < -0.3 is 4.74 Å². The van der Waals surface area contributed by atoms with Crippen molar-refractivity contribution in [3.05, 3.63) is 0 Å². The summed E-state index contributed by atoms with van der Waals surface area (Å²) >= 11 is 0. The van der Waals surface area contributed by atoms with E-state index in [1.165, 1.54) is 32.1 Å². The predicted octanol–water partition coefficient (Wildman–Crippen LogP) is 5.82. The zero-order chi connectivity index (χ0) is 17.0. The monoisotopic (exact) mass is 338 g/mol. The lowest BCUT2D eigenvalue weighted by Gasteiger charge is -2.59. The Morgan fingerprint density at radius 1 is 0.917 bits per heavy atom. The summed E-state index contributed by atoms with van der Waals surface area (Å²) in [6, 6.07) is 0. The first-order chi connectivity index (χ1) is 11.2. The van der Waals surface area contributed by atoms with Crippen molar-refractivity contribution < 1.29 is 13.5 Å². The summed E-state index contributed by atoms with van der Waals surface area (Å²) in [5.74, 6) is 0.545. The van der Waals surface area contributed by atoms with Crippen LogP contribution in [-0.2, 0) is 4.74 Å². The van der Waals surface area contributed by atoms with E-state index in [2.05, 4.69) is 20.8 Å². The Kier molecular flexibility index (Phi) is 3.04. The van der Waals surface area contributed by atoms with Gasteiger partial charge in [0.2, 0.25) is 5.92 Å². The largest absolute Gasteiger partial charge is 0.362 e. The molecule has 5 fully saturated rings. The van der Waals surface area contributed by atoms with E-state index in [4.69, 9.17) is 4.74 Å². The molecule has 0 aromatic heterocycles. The number of halogens is 2. The van der Waals surface area contributed by atoms with Gasteiger partial charge in [0.25, 0.3) is 0 Å². The summed E-state index contributed by atoms with van der Waals surface area (Å²) < 4.78 is 34.5. The fraction of sp³-hybridized carbons (Fsp3) is 1.00. The Bertz CT molecular complexity index is 560. The number of ether oxygens (including phenoxy) is 1. The van der Waals surface area contributed by atoms with E-state index in [-0.39, 0.29) is 35.4 Å². The minimum atomic E-state index is -2.41. The number of fused-ring (bicyclic) bond motifs is 4. The molecule has 4 aliphatic carbocycles. The highest BCUT2D eigenvalue weighted by atomic mass is 19.3. The van der Waals surface area contributed by atoms with Crippen molar-refractivity contribution in [2.24, 2.45) is 35.0 Å². The molecule has 1 unspecified atom stereocenters. The molecule has 0 aromatic rings. The predicted molar refractivity (Wildman–Crippen MR) is 90.0 cm³/mol. The fourth-order valence-corrected chi connectivity index (χ4v) is 8.21. The normalized spacial score (nSPS) is 57.8. The van der Waals surface area contributed by atoms with Crippen molar-refractivity contribution in [1.29, 1.82) is 0 Å². The van der Waals surface area contributed by atoms with E-state index in [0.717, 1.165) is 18.8 Å². The summed E-state index contributed by atoms with van der Waals surface area (Å²) in [5, 5.41) is 0. The minimum absolute atomic E-state index is 0.117. The van der Waals surface area contributed by atoms with Gasteiger partial charge in [0.15, 0.2) is 0 Å². The molecular formula is C21H32F2O. The van der Waals surface area contributed by atoms with Gasteiger partial charge in [0.1, 0.15) is 11.2 Å². The van der Waals surface area contributed by atoms with Gasteiger partial charge in [0.05, 0.1) is 0 Å². The molecule has 1 heterocycles. The molecule has 7 atom stereocenters. The standard InChI is InChI=1S/C21H32F2O/c1-13(2)20-8-7-17-15-5-4-14-12-19(22,23)11-10-18(14,3)16(15)6-9-21(17,20)24-20/h13-17H,4-12H2,1-3H3/t14-,15+,16-,17-,18-,20+,21?/m0/s1. The van der Waals surface area contributed by atoms with E-state index < -0.39 is 5.92 Å². The quantitative estimate of drug-likeness (QED) is 0.549. The molecule has 5 aliphatic rings. The first kappa shape index (κ1) is 16.0. The summed E-state index contributed by atoms with van der Waals surface area (Å²) in [7, 11) is 0. The van der Waals surface area contributed by atoms with Gasteiger partial charge in [-0.3, -0.25) is 0 Å². The van der Waals surface area contributed by atoms with Gasteiger partial charge >= 0.3 is 0 Å². The molecule has 0 bridgehead atoms. The molecule has 0 radical (unpaired) electrons. The number of hydrogen-bond acceptors (Lipinski definition) is 1. The number of epoxide rings is 1. The van der Waals surface area contributed by atoms with Gasteiger partial charge in [-0.2, -0.15) is 0 Å². The lowest BCUT2D eigenvalue weighted by molar-refractivity contribution is -0.157. The van der Waals surface area contributed by atoms with Crippen LogP contribution in [0.3, 0.4) is 0 Å². The average Bonchev–Trinajstić information content (AvgIpc) is 3.05. The Morgan fingerprint density at radius 2 is 1.67 bits per heavy atom. The van der Waals surface area contributed by atoms with Gasteiger partial charge in [0, 0.05) is 12.8 Å². The van der Waals surface area contributed by atoms with Crippen LogP contribution in [0.5, 0.6) is 0 Å². The van der Waals surface area contributed by atoms with Crippen molar-refractivity contribution in [1.82, 2.24) is 0 Å². The maximum atomic E-state index is 14.0. The first-order valence-electron chi connectivity index (χ1n) is 10.3. The molecule has 1 aliphatic heterocycles. The highest BCUT2D eigenvalue weighted by molar-refractivity contribution is 5.28. The van der Waals surface area contributed by atoms with Gasteiger partial charge in [-0.1, -0.05) is 20.8 Å². The third-order valence-electron chi connectivity index (χ3n) is 9.46. The van der Waals surface area contributed by atoms with E-state index in [1.807, 2.05) is 0 Å². The Balaban J connectivity index is 1.43. The van der Waals surface area contributed by atoms with Crippen molar-refractivity contribution >= 4 is 0 Å². The summed E-state index contributed by atoms with van der Waals surface area (Å²) in [4.78, 5) is 0. The van der Waals surface area contributed by atoms with Crippen LogP contribution in [0.15, 0.2) is 0 Å². The SMILES string of the molecule is CC(C)[C@]12CC[C@H]3[C@@H]4CC[C@H]5CC(F)(F)CC[C@]5(C)[C@H]4CCC31O2. The fourth-order valence-electron chi connectivity index (χ4n) is 8.21. The van der Waals surface area contributed by atoms with Crippen LogP contribution in [0.25, 0.3) is 0 Å². The molecule has 24 heavy (non-hydrogen) atoms. The van der Waals surface area contributed by atoms with Gasteiger partial charge in [-0.05, 0) is 80.0 Å². The smallest absolute Gasteiger partial charge is 0.248 e. The third kappa shape index (κ3) is 1.74. The zero-order valence-electron chi connectivity index (χ0n) is 15.4. The summed E-state index contributed by atoms with van der Waals surface area (Å²) in [6.45, 7) is 7.01. The summed E-state index contributed by atoms with van der Waals surface area (Å²) in [5.41, 5.74) is 0.494. The molecule has 0 amide bonds. The molecule has 0 N–H and O–H groups in total. The van der Waals surface area contributed by atoms with Crippen LogP contribution >= 0.6 is 0 Å². The molecule has 1 spiro atoms. The van der Waals surface area contributed by atoms with Crippen LogP contribution in [-0.4, -0.2) is 17.1 Å². The van der Waals surface area contributed by atoms with Crippen LogP contribution in [0.1, 0.15) is 78.6 Å². The van der Waals surface area contributed by atoms with Crippen molar-refractivity contribution in [2.45, 2.75) is 95.7 Å². The Hall–Kier alpha value is -0.180. The van der Waals surface area contributed by atoms with E-state index in [0.29, 0.717) is 17.8 Å². The molecule has 1 saturated heterocycles. The second-order valence-electron chi connectivity index (χ2n) is 10.3. The molecule has 136 valence electrons. The highest BCUT2D eigenvalue weighted by Gasteiger charge is 2.80. The number of hydrogen-bond donors (Lipinski definition) is 0. The molecular weight excluding hydrogens is 306 g/mol. The second kappa shape index (κ2) is 4.56. The lowest BCUT2D eigenvalue weighted by Crippen LogP contribution is -2.54. The number of rotatable bonds is 1. The maximum Gasteiger partial charge on any atom is 0.248 e. The third-order valence-corrected chi connectivity index (χ3v) is 9.46. The van der Waals surface area contributed by atoms with Gasteiger partial charge in [-0.15, -0.1) is 0 Å². The molecule has 4 saturated carbocycles. The zero-order valence-corrected chi connectivity index (χ0v) is 15.4. The molecule has 0 aromatic carbocycles. The topological polar surface area (TPSA) is 12.5 Å².